The average Bonchev–Trinajstić information content (AvgIpc) is 2.34. The predicted molar refractivity (Wildman–Crippen MR) is 72.9 cm³/mol. The maximum Gasteiger partial charge on any atom is 0.326 e. The Bertz CT molecular complexity index is 312. The number of carbonyl (C=O) groups excluding carboxylic acids is 1. The number of carboxylic acids is 1. The Hall–Kier alpha value is -0.910. The summed E-state index contributed by atoms with van der Waals surface area (Å²) in [6.07, 6.45) is 0.726. The molecule has 1 saturated heterocycles. The van der Waals surface area contributed by atoms with Gasteiger partial charge >= 0.3 is 12.0 Å². The molecule has 0 aromatic carbocycles. The number of nitrogens with zero attached hydrogens (tertiary/aromatic N) is 1. The summed E-state index contributed by atoms with van der Waals surface area (Å²) in [5, 5.41) is 12.2. The van der Waals surface area contributed by atoms with Crippen molar-refractivity contribution >= 4 is 23.8 Å². The van der Waals surface area contributed by atoms with Gasteiger partial charge in [-0.1, -0.05) is 27.2 Å². The molecule has 0 saturated carbocycles. The number of hydrogen-bond donors (Lipinski definition) is 2. The first-order valence-corrected chi connectivity index (χ1v) is 7.40. The number of urea groups is 1. The van der Waals surface area contributed by atoms with Gasteiger partial charge in [-0.15, -0.1) is 0 Å². The van der Waals surface area contributed by atoms with Crippen molar-refractivity contribution in [2.75, 3.05) is 18.8 Å². The van der Waals surface area contributed by atoms with Crippen LogP contribution < -0.4 is 5.32 Å². The molecule has 1 aliphatic rings. The Morgan fingerprint density at radius 3 is 2.72 bits per heavy atom. The summed E-state index contributed by atoms with van der Waals surface area (Å²) in [6, 6.07) is -1.05. The fraction of sp³-hybridized carbons (Fsp3) is 0.833. The van der Waals surface area contributed by atoms with Crippen molar-refractivity contribution in [3.05, 3.63) is 0 Å². The van der Waals surface area contributed by atoms with Crippen LogP contribution in [-0.2, 0) is 4.79 Å². The first-order valence-electron chi connectivity index (χ1n) is 6.35. The van der Waals surface area contributed by atoms with Crippen molar-refractivity contribution in [1.29, 1.82) is 0 Å². The predicted octanol–water partition coefficient (Wildman–Crippen LogP) is 1.63. The molecular formula is C12H22N2O3S. The van der Waals surface area contributed by atoms with Crippen LogP contribution in [0.3, 0.4) is 0 Å². The Labute approximate surface area is 112 Å². The van der Waals surface area contributed by atoms with E-state index in [2.05, 4.69) is 12.2 Å². The molecule has 1 rings (SSSR count). The van der Waals surface area contributed by atoms with Crippen molar-refractivity contribution in [1.82, 2.24) is 10.2 Å². The molecule has 0 aliphatic carbocycles. The maximum atomic E-state index is 12.0. The van der Waals surface area contributed by atoms with Crippen molar-refractivity contribution in [3.63, 3.8) is 0 Å². The second kappa shape index (κ2) is 6.87. The van der Waals surface area contributed by atoms with E-state index in [4.69, 9.17) is 5.11 Å². The molecule has 3 atom stereocenters. The van der Waals surface area contributed by atoms with Crippen LogP contribution in [0.25, 0.3) is 0 Å². The molecule has 6 heteroatoms. The molecule has 0 radical (unpaired) electrons. The lowest BCUT2D eigenvalue weighted by atomic mass is 9.99. The molecular weight excluding hydrogens is 252 g/mol. The summed E-state index contributed by atoms with van der Waals surface area (Å²) >= 11 is 1.84. The maximum absolute atomic E-state index is 12.0. The van der Waals surface area contributed by atoms with E-state index >= 15 is 0 Å². The second-order valence-corrected chi connectivity index (χ2v) is 6.32. The summed E-state index contributed by atoms with van der Waals surface area (Å²) in [7, 11) is 0. The minimum Gasteiger partial charge on any atom is -0.480 e. The summed E-state index contributed by atoms with van der Waals surface area (Å²) < 4.78 is 0. The van der Waals surface area contributed by atoms with E-state index in [1.807, 2.05) is 25.6 Å². The van der Waals surface area contributed by atoms with Gasteiger partial charge in [0.15, 0.2) is 0 Å². The third kappa shape index (κ3) is 4.08. The van der Waals surface area contributed by atoms with Gasteiger partial charge in [-0.3, -0.25) is 0 Å². The average molecular weight is 274 g/mol. The number of hydrogen-bond acceptors (Lipinski definition) is 3. The largest absolute Gasteiger partial charge is 0.480 e. The molecule has 0 aromatic heterocycles. The smallest absolute Gasteiger partial charge is 0.326 e. The van der Waals surface area contributed by atoms with Crippen LogP contribution in [-0.4, -0.2) is 52.1 Å². The zero-order valence-electron chi connectivity index (χ0n) is 11.2. The molecule has 5 nitrogen and oxygen atoms in total. The van der Waals surface area contributed by atoms with E-state index in [9.17, 15) is 9.59 Å². The van der Waals surface area contributed by atoms with Gasteiger partial charge in [0.25, 0.3) is 0 Å². The Balaban J connectivity index is 2.58. The zero-order valence-corrected chi connectivity index (χ0v) is 12.0. The zero-order chi connectivity index (χ0) is 13.7. The molecule has 0 bridgehead atoms. The lowest BCUT2D eigenvalue weighted by Gasteiger charge is -2.32. The molecule has 0 aromatic rings. The van der Waals surface area contributed by atoms with Crippen LogP contribution in [0.15, 0.2) is 0 Å². The van der Waals surface area contributed by atoms with E-state index in [0.29, 0.717) is 18.3 Å². The molecule has 18 heavy (non-hydrogen) atoms. The number of amides is 2. The molecule has 0 spiro atoms. The number of nitrogens with one attached hydrogen (secondary N) is 1. The van der Waals surface area contributed by atoms with Crippen LogP contribution in [0, 0.1) is 5.92 Å². The van der Waals surface area contributed by atoms with Gasteiger partial charge in [-0.25, -0.2) is 9.59 Å². The highest BCUT2D eigenvalue weighted by atomic mass is 32.2. The van der Waals surface area contributed by atoms with Gasteiger partial charge in [-0.05, 0) is 5.92 Å². The van der Waals surface area contributed by atoms with Crippen LogP contribution in [0.2, 0.25) is 0 Å². The number of aliphatic carboxylic acids is 1. The van der Waals surface area contributed by atoms with E-state index < -0.39 is 12.0 Å². The van der Waals surface area contributed by atoms with Crippen LogP contribution in [0.4, 0.5) is 4.79 Å². The molecule has 1 fully saturated rings. The van der Waals surface area contributed by atoms with Gasteiger partial charge < -0.3 is 15.3 Å². The molecule has 2 amide bonds. The Morgan fingerprint density at radius 1 is 1.56 bits per heavy atom. The first-order chi connectivity index (χ1) is 8.45. The Kier molecular flexibility index (Phi) is 5.78. The minimum atomic E-state index is -0.961. The van der Waals surface area contributed by atoms with Gasteiger partial charge in [0.05, 0.1) is 0 Å². The van der Waals surface area contributed by atoms with Crippen LogP contribution in [0.5, 0.6) is 0 Å². The number of thioether (sulfide) groups is 1. The van der Waals surface area contributed by atoms with E-state index in [0.717, 1.165) is 12.2 Å². The van der Waals surface area contributed by atoms with Crippen LogP contribution in [0.1, 0.15) is 27.2 Å². The third-order valence-electron chi connectivity index (χ3n) is 3.29. The monoisotopic (exact) mass is 274 g/mol. The quantitative estimate of drug-likeness (QED) is 0.817. The lowest BCUT2D eigenvalue weighted by Crippen LogP contribution is -2.53. The highest BCUT2D eigenvalue weighted by Gasteiger charge is 2.28. The lowest BCUT2D eigenvalue weighted by molar-refractivity contribution is -0.140. The molecule has 1 aliphatic heterocycles. The normalized spacial score (nSPS) is 23.3. The minimum absolute atomic E-state index is 0.0666. The highest BCUT2D eigenvalue weighted by Crippen LogP contribution is 2.18. The number of carboxylic acid groups (broad SMARTS) is 1. The molecule has 2 N–H and O–H groups in total. The summed E-state index contributed by atoms with van der Waals surface area (Å²) in [6.45, 7) is 7.21. The summed E-state index contributed by atoms with van der Waals surface area (Å²) in [5.74, 6) is -0.115. The van der Waals surface area contributed by atoms with Gasteiger partial charge in [0.1, 0.15) is 6.04 Å². The van der Waals surface area contributed by atoms with Crippen LogP contribution >= 0.6 is 11.8 Å². The van der Waals surface area contributed by atoms with Crippen molar-refractivity contribution in [2.24, 2.45) is 5.92 Å². The molecule has 104 valence electrons. The van der Waals surface area contributed by atoms with E-state index in [1.165, 1.54) is 0 Å². The summed E-state index contributed by atoms with van der Waals surface area (Å²) in [5.41, 5.74) is 0. The fourth-order valence-corrected chi connectivity index (χ4v) is 2.92. The molecule has 1 heterocycles. The summed E-state index contributed by atoms with van der Waals surface area (Å²) in [4.78, 5) is 24.9. The SMILES string of the molecule is CCC(C)[C@H](NC(=O)N1CCSC(C)C1)C(=O)O. The third-order valence-corrected chi connectivity index (χ3v) is 4.42. The van der Waals surface area contributed by atoms with E-state index in [-0.39, 0.29) is 11.9 Å². The topological polar surface area (TPSA) is 69.6 Å². The highest BCUT2D eigenvalue weighted by molar-refractivity contribution is 7.99. The molecule has 2 unspecified atom stereocenters. The van der Waals surface area contributed by atoms with Gasteiger partial charge in [0.2, 0.25) is 0 Å². The number of carbonyl (C=O) groups is 2. The van der Waals surface area contributed by atoms with Crippen molar-refractivity contribution in [3.8, 4) is 0 Å². The standard InChI is InChI=1S/C12H22N2O3S/c1-4-8(2)10(11(15)16)13-12(17)14-5-6-18-9(3)7-14/h8-10H,4-7H2,1-3H3,(H,13,17)(H,15,16)/t8?,9?,10-/m0/s1. The van der Waals surface area contributed by atoms with Crippen molar-refractivity contribution in [2.45, 2.75) is 38.5 Å². The first kappa shape index (κ1) is 15.1. The second-order valence-electron chi connectivity index (χ2n) is 4.78. The fourth-order valence-electron chi connectivity index (χ4n) is 1.91. The van der Waals surface area contributed by atoms with Gasteiger partial charge in [0, 0.05) is 24.1 Å². The number of rotatable bonds is 4. The van der Waals surface area contributed by atoms with Crippen molar-refractivity contribution < 1.29 is 14.7 Å². The Morgan fingerprint density at radius 2 is 2.22 bits per heavy atom. The van der Waals surface area contributed by atoms with E-state index in [1.54, 1.807) is 4.90 Å². The van der Waals surface area contributed by atoms with Gasteiger partial charge in [-0.2, -0.15) is 11.8 Å².